The monoisotopic (exact) mass is 478 g/mol. The van der Waals surface area contributed by atoms with E-state index in [9.17, 15) is 14.4 Å². The second kappa shape index (κ2) is 8.21. The van der Waals surface area contributed by atoms with E-state index in [0.29, 0.717) is 22.7 Å². The molecule has 0 radical (unpaired) electrons. The van der Waals surface area contributed by atoms with E-state index >= 15 is 0 Å². The summed E-state index contributed by atoms with van der Waals surface area (Å²) in [5, 5.41) is 8.97. The molecule has 3 heterocycles. The highest BCUT2D eigenvalue weighted by Gasteiger charge is 2.66. The Morgan fingerprint density at radius 2 is 1.97 bits per heavy atom. The molecule has 0 saturated carbocycles. The first kappa shape index (κ1) is 22.0. The van der Waals surface area contributed by atoms with Gasteiger partial charge in [-0.15, -0.1) is 0 Å². The van der Waals surface area contributed by atoms with Gasteiger partial charge in [-0.25, -0.2) is 9.69 Å². The molecule has 3 amide bonds. The Morgan fingerprint density at radius 1 is 1.21 bits per heavy atom. The normalized spacial score (nSPS) is 26.1. The van der Waals surface area contributed by atoms with Gasteiger partial charge < -0.3 is 14.8 Å². The number of ether oxygens (including phenoxy) is 2. The van der Waals surface area contributed by atoms with Gasteiger partial charge in [-0.1, -0.05) is 42.5 Å². The largest absolute Gasteiger partial charge is 0.497 e. The van der Waals surface area contributed by atoms with E-state index in [0.717, 1.165) is 4.90 Å². The molecule has 2 aromatic carbocycles. The highest BCUT2D eigenvalue weighted by Crippen LogP contribution is 2.51. The topological polar surface area (TPSA) is 101 Å². The molecule has 0 aliphatic carbocycles. The number of methoxy groups -OCH3 is 1. The van der Waals surface area contributed by atoms with Crippen LogP contribution in [0.4, 0.5) is 10.5 Å². The number of carbonyl (C=O) groups excluding carboxylic acids is 3. The lowest BCUT2D eigenvalue weighted by atomic mass is 9.68. The molecule has 2 saturated heterocycles. The van der Waals surface area contributed by atoms with E-state index < -0.39 is 29.4 Å². The molecule has 5 rings (SSSR count). The lowest BCUT2D eigenvalue weighted by molar-refractivity contribution is -0.130. The Hall–Kier alpha value is -3.79. The number of thiocarbonyl (C=S) groups is 1. The first-order chi connectivity index (χ1) is 16.4. The van der Waals surface area contributed by atoms with Crippen molar-refractivity contribution in [3.8, 4) is 5.75 Å². The fraction of sp³-hybridized carbons (Fsp3) is 0.292. The van der Waals surface area contributed by atoms with Gasteiger partial charge in [0.05, 0.1) is 30.0 Å². The summed E-state index contributed by atoms with van der Waals surface area (Å²) in [4.78, 5) is 41.1. The van der Waals surface area contributed by atoms with Gasteiger partial charge in [0.1, 0.15) is 18.4 Å². The summed E-state index contributed by atoms with van der Waals surface area (Å²) in [5.41, 5.74) is 0.316. The summed E-state index contributed by atoms with van der Waals surface area (Å²) < 4.78 is 10.4. The second-order valence-corrected chi connectivity index (χ2v) is 8.66. The van der Waals surface area contributed by atoms with Crippen molar-refractivity contribution < 1.29 is 23.9 Å². The number of amides is 3. The summed E-state index contributed by atoms with van der Waals surface area (Å²) in [6, 6.07) is 15.2. The standard InChI is InChI=1S/C24H22N4O5S/c1-14-24(22(30)28(26-14)16-8-4-3-5-9-16)18(15-7-6-10-17(13-15)32-2)19(25-21(24)34)20(29)27-11-12-33-23(27)31/h3-10,13,18-19H,11-12H2,1-2H3,(H,25,34)/t18-,19-,24+/m0/s1. The minimum atomic E-state index is -1.40. The Morgan fingerprint density at radius 3 is 2.65 bits per heavy atom. The molecule has 10 heteroatoms. The number of hydrogen-bond acceptors (Lipinski definition) is 7. The minimum Gasteiger partial charge on any atom is -0.497 e. The molecule has 0 aromatic heterocycles. The summed E-state index contributed by atoms with van der Waals surface area (Å²) >= 11 is 5.73. The fourth-order valence-electron chi connectivity index (χ4n) is 4.93. The molecular weight excluding hydrogens is 456 g/mol. The van der Waals surface area contributed by atoms with Gasteiger partial charge in [-0.05, 0) is 36.8 Å². The van der Waals surface area contributed by atoms with Gasteiger partial charge >= 0.3 is 6.09 Å². The van der Waals surface area contributed by atoms with Crippen LogP contribution < -0.4 is 15.1 Å². The van der Waals surface area contributed by atoms with Crippen molar-refractivity contribution in [2.75, 3.05) is 25.3 Å². The molecule has 2 fully saturated rings. The Balaban J connectivity index is 1.65. The number of para-hydroxylation sites is 1. The van der Waals surface area contributed by atoms with Crippen molar-refractivity contribution >= 4 is 46.5 Å². The maximum atomic E-state index is 14.1. The van der Waals surface area contributed by atoms with Gasteiger partial charge in [-0.3, -0.25) is 9.59 Å². The van der Waals surface area contributed by atoms with E-state index in [2.05, 4.69) is 10.4 Å². The number of nitrogens with one attached hydrogen (secondary N) is 1. The minimum absolute atomic E-state index is 0.123. The Labute approximate surface area is 201 Å². The van der Waals surface area contributed by atoms with E-state index in [-0.39, 0.29) is 24.0 Å². The average Bonchev–Trinajstić information content (AvgIpc) is 3.50. The Bertz CT molecular complexity index is 1230. The third kappa shape index (κ3) is 3.09. The van der Waals surface area contributed by atoms with Crippen molar-refractivity contribution in [3.63, 3.8) is 0 Å². The number of rotatable bonds is 4. The first-order valence-electron chi connectivity index (χ1n) is 10.8. The molecule has 9 nitrogen and oxygen atoms in total. The Kier molecular flexibility index (Phi) is 5.32. The SMILES string of the molecule is COc1cccc([C@H]2[C@@H](C(=O)N3CCOC3=O)NC(=S)[C@]23C(=O)N(c2ccccc2)N=C3C)c1. The number of benzene rings is 2. The highest BCUT2D eigenvalue weighted by molar-refractivity contribution is 7.80. The van der Waals surface area contributed by atoms with E-state index in [1.54, 1.807) is 44.4 Å². The summed E-state index contributed by atoms with van der Waals surface area (Å²) in [6.07, 6.45) is -0.711. The van der Waals surface area contributed by atoms with Crippen LogP contribution in [-0.2, 0) is 14.3 Å². The molecule has 34 heavy (non-hydrogen) atoms. The maximum Gasteiger partial charge on any atom is 0.416 e. The van der Waals surface area contributed by atoms with Crippen molar-refractivity contribution in [3.05, 3.63) is 60.2 Å². The molecule has 174 valence electrons. The summed E-state index contributed by atoms with van der Waals surface area (Å²) in [6.45, 7) is 1.99. The quantitative estimate of drug-likeness (QED) is 0.674. The predicted octanol–water partition coefficient (Wildman–Crippen LogP) is 2.47. The second-order valence-electron chi connectivity index (χ2n) is 8.26. The predicted molar refractivity (Wildman–Crippen MR) is 128 cm³/mol. The summed E-state index contributed by atoms with van der Waals surface area (Å²) in [5.74, 6) is -1.06. The van der Waals surface area contributed by atoms with Crippen LogP contribution in [0.3, 0.4) is 0 Å². The molecule has 1 N–H and O–H groups in total. The number of hydrazone groups is 1. The zero-order chi connectivity index (χ0) is 24.0. The molecule has 0 unspecified atom stereocenters. The lowest BCUT2D eigenvalue weighted by Gasteiger charge is -2.31. The van der Waals surface area contributed by atoms with Crippen LogP contribution in [0, 0.1) is 5.41 Å². The lowest BCUT2D eigenvalue weighted by Crippen LogP contribution is -2.49. The van der Waals surface area contributed by atoms with Crippen LogP contribution in [0.15, 0.2) is 59.7 Å². The smallest absolute Gasteiger partial charge is 0.416 e. The molecule has 3 atom stereocenters. The third-order valence-electron chi connectivity index (χ3n) is 6.54. The summed E-state index contributed by atoms with van der Waals surface area (Å²) in [7, 11) is 1.54. The van der Waals surface area contributed by atoms with Crippen LogP contribution >= 0.6 is 12.2 Å². The number of anilines is 1. The number of nitrogens with zero attached hydrogens (tertiary/aromatic N) is 3. The molecule has 1 spiro atoms. The van der Waals surface area contributed by atoms with Crippen LogP contribution in [0.5, 0.6) is 5.75 Å². The number of hydrogen-bond donors (Lipinski definition) is 1. The first-order valence-corrected chi connectivity index (χ1v) is 11.2. The van der Waals surface area contributed by atoms with Crippen LogP contribution in [0.25, 0.3) is 0 Å². The fourth-order valence-corrected chi connectivity index (χ4v) is 5.42. The third-order valence-corrected chi connectivity index (χ3v) is 6.98. The molecule has 3 aliphatic heterocycles. The zero-order valence-corrected chi connectivity index (χ0v) is 19.4. The van der Waals surface area contributed by atoms with E-state index in [1.165, 1.54) is 5.01 Å². The number of cyclic esters (lactones) is 1. The molecule has 2 aromatic rings. The van der Waals surface area contributed by atoms with Gasteiger partial charge in [0.25, 0.3) is 11.8 Å². The number of imide groups is 1. The van der Waals surface area contributed by atoms with Crippen LogP contribution in [0.1, 0.15) is 18.4 Å². The van der Waals surface area contributed by atoms with Gasteiger partial charge in [-0.2, -0.15) is 10.1 Å². The van der Waals surface area contributed by atoms with Crippen LogP contribution in [0.2, 0.25) is 0 Å². The van der Waals surface area contributed by atoms with Crippen molar-refractivity contribution in [2.45, 2.75) is 18.9 Å². The van der Waals surface area contributed by atoms with Crippen LogP contribution in [-0.4, -0.2) is 59.8 Å². The van der Waals surface area contributed by atoms with E-state index in [4.69, 9.17) is 21.7 Å². The van der Waals surface area contributed by atoms with Gasteiger partial charge in [0.15, 0.2) is 5.41 Å². The van der Waals surface area contributed by atoms with E-state index in [1.807, 2.05) is 24.3 Å². The van der Waals surface area contributed by atoms with Crippen molar-refractivity contribution in [2.24, 2.45) is 10.5 Å². The van der Waals surface area contributed by atoms with Gasteiger partial charge in [0.2, 0.25) is 0 Å². The zero-order valence-electron chi connectivity index (χ0n) is 18.6. The molecular formula is C24H22N4O5S. The molecule has 3 aliphatic rings. The molecule has 0 bridgehead atoms. The maximum absolute atomic E-state index is 14.1. The highest BCUT2D eigenvalue weighted by atomic mass is 32.1. The van der Waals surface area contributed by atoms with Crippen molar-refractivity contribution in [1.82, 2.24) is 10.2 Å². The number of carbonyl (C=O) groups is 3. The van der Waals surface area contributed by atoms with Crippen molar-refractivity contribution in [1.29, 1.82) is 0 Å². The average molecular weight is 479 g/mol. The van der Waals surface area contributed by atoms with Gasteiger partial charge in [0, 0.05) is 5.92 Å².